The molecule has 2 nitrogen and oxygen atoms in total. The fourth-order valence-electron chi connectivity index (χ4n) is 0. The van der Waals surface area contributed by atoms with Crippen LogP contribution in [0.3, 0.4) is 0 Å². The van der Waals surface area contributed by atoms with Crippen molar-refractivity contribution in [3.8, 4) is 0 Å². The van der Waals surface area contributed by atoms with Gasteiger partial charge in [-0.1, -0.05) is 6.92 Å². The Morgan fingerprint density at radius 3 is 1.67 bits per heavy atom. The number of rotatable bonds is 1. The Balaban J connectivity index is 0. The molecule has 0 saturated heterocycles. The average molecular weight is 153 g/mol. The van der Waals surface area contributed by atoms with Gasteiger partial charge in [-0.25, -0.2) is 0 Å². The number of thiol groups is 1. The van der Waals surface area contributed by atoms with Gasteiger partial charge < -0.3 is 0 Å². The van der Waals surface area contributed by atoms with Crippen molar-refractivity contribution in [3.05, 3.63) is 0 Å². The molecule has 0 aromatic rings. The molecular formula is C2H10N2NiS. The molecule has 0 saturated carbocycles. The minimum absolute atomic E-state index is 0. The van der Waals surface area contributed by atoms with Crippen LogP contribution in [0, 0.1) is 0 Å². The Bertz CT molecular complexity index is 25.5. The van der Waals surface area contributed by atoms with Gasteiger partial charge in [0, 0.05) is 16.5 Å². The molecule has 0 unspecified atom stereocenters. The van der Waals surface area contributed by atoms with Gasteiger partial charge in [0.1, 0.15) is 0 Å². The van der Waals surface area contributed by atoms with Gasteiger partial charge in [-0.05, 0) is 5.75 Å². The Morgan fingerprint density at radius 2 is 1.67 bits per heavy atom. The van der Waals surface area contributed by atoms with E-state index in [0.29, 0.717) is 0 Å². The maximum Gasteiger partial charge on any atom is 0 e. The molecule has 4 N–H and O–H groups in total. The molecule has 0 amide bonds. The first-order valence-electron chi connectivity index (χ1n) is 1.54. The first-order valence-corrected chi connectivity index (χ1v) is 3.20. The molecule has 4 heteroatoms. The van der Waals surface area contributed by atoms with Crippen molar-refractivity contribution >= 4 is 11.3 Å². The van der Waals surface area contributed by atoms with Crippen molar-refractivity contribution in [3.63, 3.8) is 0 Å². The van der Waals surface area contributed by atoms with Crippen LogP contribution in [0.4, 0.5) is 0 Å². The standard InChI is InChI=1S/C2H10N2S.Ni/c1-2-5(3)4;/h5H,2-4H2,1H3;. The first kappa shape index (κ1) is 9.90. The molecule has 0 aliphatic carbocycles. The minimum Gasteiger partial charge on any atom is -0.286 e. The van der Waals surface area contributed by atoms with Crippen LogP contribution in [0.15, 0.2) is 0 Å². The zero-order valence-corrected chi connectivity index (χ0v) is 5.51. The summed E-state index contributed by atoms with van der Waals surface area (Å²) in [6, 6.07) is 0. The minimum atomic E-state index is -0.598. The second-order valence-electron chi connectivity index (χ2n) is 0.830. The molecule has 0 atom stereocenters. The van der Waals surface area contributed by atoms with E-state index >= 15 is 0 Å². The SMILES string of the molecule is CC[SH](N)N.[Ni]. The van der Waals surface area contributed by atoms with Gasteiger partial charge in [0.2, 0.25) is 0 Å². The molecule has 44 valence electrons. The zero-order valence-electron chi connectivity index (χ0n) is 3.63. The molecule has 0 aromatic carbocycles. The topological polar surface area (TPSA) is 52.0 Å². The summed E-state index contributed by atoms with van der Waals surface area (Å²) in [7, 11) is 0. The summed E-state index contributed by atoms with van der Waals surface area (Å²) in [5, 5.41) is 10.3. The summed E-state index contributed by atoms with van der Waals surface area (Å²) in [5.74, 6) is 0.926. The van der Waals surface area contributed by atoms with Crippen molar-refractivity contribution in [2.45, 2.75) is 6.92 Å². The Morgan fingerprint density at radius 1 is 1.50 bits per heavy atom. The maximum atomic E-state index is 5.13. The summed E-state index contributed by atoms with van der Waals surface area (Å²) >= 11 is -0.598. The third kappa shape index (κ3) is 8.83. The van der Waals surface area contributed by atoms with Gasteiger partial charge in [0.15, 0.2) is 0 Å². The van der Waals surface area contributed by atoms with Crippen LogP contribution in [0.1, 0.15) is 6.92 Å². The Kier molecular flexibility index (Phi) is 9.51. The van der Waals surface area contributed by atoms with Gasteiger partial charge >= 0.3 is 0 Å². The smallest absolute Gasteiger partial charge is 0 e. The van der Waals surface area contributed by atoms with Crippen molar-refractivity contribution in [1.29, 1.82) is 0 Å². The van der Waals surface area contributed by atoms with E-state index in [9.17, 15) is 0 Å². The zero-order chi connectivity index (χ0) is 4.28. The van der Waals surface area contributed by atoms with Crippen molar-refractivity contribution in [2.24, 2.45) is 10.3 Å². The van der Waals surface area contributed by atoms with Crippen LogP contribution >= 0.6 is 11.3 Å². The largest absolute Gasteiger partial charge is 0.286 e. The van der Waals surface area contributed by atoms with E-state index in [0.717, 1.165) is 5.75 Å². The van der Waals surface area contributed by atoms with Crippen LogP contribution in [-0.2, 0) is 16.5 Å². The van der Waals surface area contributed by atoms with Gasteiger partial charge in [-0.3, -0.25) is 10.3 Å². The number of hydrogen-bond acceptors (Lipinski definition) is 2. The van der Waals surface area contributed by atoms with Gasteiger partial charge in [-0.2, -0.15) is 11.3 Å². The summed E-state index contributed by atoms with van der Waals surface area (Å²) in [5.41, 5.74) is 0. The fourth-order valence-corrected chi connectivity index (χ4v) is 0. The Labute approximate surface area is 51.2 Å². The van der Waals surface area contributed by atoms with E-state index in [4.69, 9.17) is 10.3 Å². The molecule has 0 fully saturated rings. The van der Waals surface area contributed by atoms with Crippen LogP contribution in [0.5, 0.6) is 0 Å². The molecule has 0 aromatic heterocycles. The molecule has 0 heterocycles. The predicted molar refractivity (Wildman–Crippen MR) is 27.9 cm³/mol. The first-order chi connectivity index (χ1) is 2.27. The van der Waals surface area contributed by atoms with Crippen LogP contribution in [0.25, 0.3) is 0 Å². The van der Waals surface area contributed by atoms with Gasteiger partial charge in [0.05, 0.1) is 0 Å². The second kappa shape index (κ2) is 5.76. The van der Waals surface area contributed by atoms with Crippen molar-refractivity contribution < 1.29 is 16.5 Å². The summed E-state index contributed by atoms with van der Waals surface area (Å²) in [4.78, 5) is 0. The van der Waals surface area contributed by atoms with Crippen molar-refractivity contribution in [1.82, 2.24) is 0 Å². The molecule has 0 spiro atoms. The summed E-state index contributed by atoms with van der Waals surface area (Å²) < 4.78 is 0. The normalized spacial score (nSPS) is 9.50. The predicted octanol–water partition coefficient (Wildman–Crippen LogP) is -0.248. The average Bonchev–Trinajstić information content (AvgIpc) is 1.38. The third-order valence-electron chi connectivity index (χ3n) is 0.365. The number of hydrogen-bond donors (Lipinski definition) is 3. The molecule has 0 bridgehead atoms. The van der Waals surface area contributed by atoms with Crippen LogP contribution in [0.2, 0.25) is 0 Å². The summed E-state index contributed by atoms with van der Waals surface area (Å²) in [6.45, 7) is 1.98. The van der Waals surface area contributed by atoms with E-state index in [1.54, 1.807) is 0 Å². The molecule has 6 heavy (non-hydrogen) atoms. The van der Waals surface area contributed by atoms with E-state index in [-0.39, 0.29) is 16.5 Å². The Hall–Kier alpha value is 0.764. The summed E-state index contributed by atoms with van der Waals surface area (Å²) in [6.07, 6.45) is 0. The van der Waals surface area contributed by atoms with E-state index < -0.39 is 11.3 Å². The molecule has 0 aliphatic heterocycles. The van der Waals surface area contributed by atoms with Gasteiger partial charge in [0.25, 0.3) is 0 Å². The second-order valence-corrected chi connectivity index (χ2v) is 2.49. The van der Waals surface area contributed by atoms with E-state index in [2.05, 4.69) is 0 Å². The van der Waals surface area contributed by atoms with Crippen LogP contribution < -0.4 is 10.3 Å². The maximum absolute atomic E-state index is 5.13. The number of nitrogens with two attached hydrogens (primary N) is 2. The van der Waals surface area contributed by atoms with E-state index in [1.165, 1.54) is 0 Å². The molecule has 0 aliphatic rings. The molecule has 0 radical (unpaired) electrons. The molecular weight excluding hydrogens is 143 g/mol. The fraction of sp³-hybridized carbons (Fsp3) is 1.00. The van der Waals surface area contributed by atoms with Crippen molar-refractivity contribution in [2.75, 3.05) is 5.75 Å². The van der Waals surface area contributed by atoms with E-state index in [1.807, 2.05) is 6.92 Å². The molecule has 0 rings (SSSR count). The van der Waals surface area contributed by atoms with Crippen LogP contribution in [-0.4, -0.2) is 5.75 Å². The quantitative estimate of drug-likeness (QED) is 0.359. The van der Waals surface area contributed by atoms with Gasteiger partial charge in [-0.15, -0.1) is 0 Å². The monoisotopic (exact) mass is 152 g/mol. The third-order valence-corrected chi connectivity index (χ3v) is 1.10.